The van der Waals surface area contributed by atoms with Gasteiger partial charge in [0, 0.05) is 22.6 Å². The van der Waals surface area contributed by atoms with Gasteiger partial charge < -0.3 is 10.4 Å². The first-order valence-corrected chi connectivity index (χ1v) is 6.68. The van der Waals surface area contributed by atoms with Crippen molar-refractivity contribution in [2.24, 2.45) is 5.11 Å². The number of carboxylic acid groups (broad SMARTS) is 1. The second-order valence-electron chi connectivity index (χ2n) is 4.55. The summed E-state index contributed by atoms with van der Waals surface area (Å²) in [6.45, 7) is 0.296. The number of unbranched alkanes of at least 4 members (excludes halogenated alkanes) is 1. The molecule has 1 aromatic rings. The molecule has 1 atom stereocenters. The van der Waals surface area contributed by atoms with Crippen molar-refractivity contribution in [1.29, 1.82) is 0 Å². The number of rotatable bonds is 9. The van der Waals surface area contributed by atoms with Crippen LogP contribution in [0.3, 0.4) is 0 Å². The summed E-state index contributed by atoms with van der Waals surface area (Å²) in [7, 11) is 0. The minimum Gasteiger partial charge on any atom is -0.480 e. The van der Waals surface area contributed by atoms with Crippen LogP contribution < -0.4 is 5.32 Å². The van der Waals surface area contributed by atoms with Gasteiger partial charge in [-0.05, 0) is 30.5 Å². The van der Waals surface area contributed by atoms with E-state index in [0.717, 1.165) is 0 Å². The fourth-order valence-electron chi connectivity index (χ4n) is 1.79. The molecular formula is C14H16N4O4. The molecule has 116 valence electrons. The third-order valence-corrected chi connectivity index (χ3v) is 2.98. The molecular weight excluding hydrogens is 288 g/mol. The van der Waals surface area contributed by atoms with E-state index in [4.69, 9.17) is 10.6 Å². The van der Waals surface area contributed by atoms with Crippen molar-refractivity contribution in [2.75, 3.05) is 6.54 Å². The Bertz CT molecular complexity index is 579. The normalized spacial score (nSPS) is 11.1. The summed E-state index contributed by atoms with van der Waals surface area (Å²) in [5.74, 6) is -1.64. The maximum Gasteiger partial charge on any atom is 0.326 e. The summed E-state index contributed by atoms with van der Waals surface area (Å²) < 4.78 is 0. The number of carbonyl (C=O) groups excluding carboxylic acids is 2. The van der Waals surface area contributed by atoms with Crippen LogP contribution in [0.5, 0.6) is 0 Å². The average molecular weight is 304 g/mol. The minimum absolute atomic E-state index is 0.244. The van der Waals surface area contributed by atoms with Gasteiger partial charge in [0.05, 0.1) is 0 Å². The maximum absolute atomic E-state index is 12.0. The van der Waals surface area contributed by atoms with Crippen LogP contribution in [0.15, 0.2) is 29.4 Å². The Hall–Kier alpha value is -2.86. The van der Waals surface area contributed by atoms with Gasteiger partial charge in [-0.3, -0.25) is 9.59 Å². The second kappa shape index (κ2) is 9.15. The van der Waals surface area contributed by atoms with E-state index in [2.05, 4.69) is 15.3 Å². The van der Waals surface area contributed by atoms with E-state index in [0.29, 0.717) is 31.2 Å². The first-order valence-electron chi connectivity index (χ1n) is 6.68. The molecule has 1 amide bonds. The largest absolute Gasteiger partial charge is 0.480 e. The van der Waals surface area contributed by atoms with Crippen molar-refractivity contribution in [1.82, 2.24) is 5.32 Å². The number of hydrogen-bond acceptors (Lipinski definition) is 4. The number of carboxylic acids is 1. The summed E-state index contributed by atoms with van der Waals surface area (Å²) in [5, 5.41) is 14.9. The Morgan fingerprint density at radius 2 is 2.00 bits per heavy atom. The Morgan fingerprint density at radius 3 is 2.55 bits per heavy atom. The molecule has 0 fully saturated rings. The number of aldehydes is 1. The molecule has 0 aliphatic heterocycles. The molecule has 2 N–H and O–H groups in total. The van der Waals surface area contributed by atoms with Crippen LogP contribution in [0.25, 0.3) is 10.4 Å². The molecule has 0 unspecified atom stereocenters. The Balaban J connectivity index is 2.57. The number of carbonyl (C=O) groups is 3. The summed E-state index contributed by atoms with van der Waals surface area (Å²) in [6, 6.07) is 4.87. The van der Waals surface area contributed by atoms with Crippen LogP contribution in [-0.4, -0.2) is 35.9 Å². The van der Waals surface area contributed by atoms with Gasteiger partial charge >= 0.3 is 5.97 Å². The molecule has 0 radical (unpaired) electrons. The van der Waals surface area contributed by atoms with Gasteiger partial charge in [-0.25, -0.2) is 4.79 Å². The van der Waals surface area contributed by atoms with Crippen molar-refractivity contribution in [3.63, 3.8) is 0 Å². The van der Waals surface area contributed by atoms with Gasteiger partial charge in [0.2, 0.25) is 0 Å². The Morgan fingerprint density at radius 1 is 1.32 bits per heavy atom. The molecule has 0 aliphatic rings. The van der Waals surface area contributed by atoms with Crippen LogP contribution in [0.1, 0.15) is 40.0 Å². The van der Waals surface area contributed by atoms with E-state index in [-0.39, 0.29) is 12.0 Å². The quantitative estimate of drug-likeness (QED) is 0.238. The van der Waals surface area contributed by atoms with Gasteiger partial charge in [-0.15, -0.1) is 0 Å². The third kappa shape index (κ3) is 5.64. The maximum atomic E-state index is 12.0. The number of nitrogens with one attached hydrogen (secondary N) is 1. The molecule has 22 heavy (non-hydrogen) atoms. The van der Waals surface area contributed by atoms with E-state index in [1.165, 1.54) is 24.3 Å². The van der Waals surface area contributed by atoms with Gasteiger partial charge in [0.25, 0.3) is 5.91 Å². The summed E-state index contributed by atoms with van der Waals surface area (Å²) in [4.78, 5) is 36.3. The van der Waals surface area contributed by atoms with Crippen molar-refractivity contribution >= 4 is 18.2 Å². The lowest BCUT2D eigenvalue weighted by Crippen LogP contribution is -2.40. The van der Waals surface area contributed by atoms with Gasteiger partial charge in [0.1, 0.15) is 12.3 Å². The molecule has 8 heteroatoms. The zero-order valence-corrected chi connectivity index (χ0v) is 11.8. The first kappa shape index (κ1) is 17.2. The van der Waals surface area contributed by atoms with Crippen LogP contribution in [-0.2, 0) is 4.79 Å². The highest BCUT2D eigenvalue weighted by molar-refractivity contribution is 5.97. The number of nitrogens with zero attached hydrogens (tertiary/aromatic N) is 3. The van der Waals surface area contributed by atoms with Crippen LogP contribution in [0, 0.1) is 0 Å². The molecule has 0 aromatic heterocycles. The van der Waals surface area contributed by atoms with E-state index < -0.39 is 17.9 Å². The highest BCUT2D eigenvalue weighted by atomic mass is 16.4. The molecule has 0 heterocycles. The summed E-state index contributed by atoms with van der Waals surface area (Å²) in [6.07, 6.45) is 1.97. The number of hydrogen-bond donors (Lipinski definition) is 2. The summed E-state index contributed by atoms with van der Waals surface area (Å²) in [5.41, 5.74) is 8.85. The van der Waals surface area contributed by atoms with Crippen LogP contribution in [0.2, 0.25) is 0 Å². The zero-order chi connectivity index (χ0) is 16.4. The topological polar surface area (TPSA) is 132 Å². The van der Waals surface area contributed by atoms with Crippen LogP contribution >= 0.6 is 0 Å². The zero-order valence-electron chi connectivity index (χ0n) is 11.8. The smallest absolute Gasteiger partial charge is 0.326 e. The van der Waals surface area contributed by atoms with E-state index >= 15 is 0 Å². The average Bonchev–Trinajstić information content (AvgIpc) is 2.53. The highest BCUT2D eigenvalue weighted by Gasteiger charge is 2.20. The predicted molar refractivity (Wildman–Crippen MR) is 78.6 cm³/mol. The van der Waals surface area contributed by atoms with Gasteiger partial charge in [0.15, 0.2) is 0 Å². The van der Waals surface area contributed by atoms with Crippen molar-refractivity contribution in [3.05, 3.63) is 45.8 Å². The third-order valence-electron chi connectivity index (χ3n) is 2.98. The number of aliphatic carboxylic acids is 1. The first-order chi connectivity index (χ1) is 10.6. The fraction of sp³-hybridized carbons (Fsp3) is 0.357. The molecule has 0 aliphatic carbocycles. The second-order valence-corrected chi connectivity index (χ2v) is 4.55. The fourth-order valence-corrected chi connectivity index (χ4v) is 1.79. The number of azide groups is 1. The number of benzene rings is 1. The molecule has 0 bridgehead atoms. The standard InChI is InChI=1S/C14H16N4O4/c15-18-16-8-2-1-3-12(14(21)22)17-13(20)11-6-4-10(9-19)5-7-11/h4-7,9,12H,1-3,8H2,(H,17,20)(H,21,22)/t12-/m0/s1. The van der Waals surface area contributed by atoms with Crippen LogP contribution in [0.4, 0.5) is 0 Å². The summed E-state index contributed by atoms with van der Waals surface area (Å²) >= 11 is 0. The lowest BCUT2D eigenvalue weighted by atomic mass is 10.1. The highest BCUT2D eigenvalue weighted by Crippen LogP contribution is 2.06. The number of amides is 1. The van der Waals surface area contributed by atoms with Gasteiger partial charge in [-0.2, -0.15) is 0 Å². The van der Waals surface area contributed by atoms with Crippen molar-refractivity contribution in [2.45, 2.75) is 25.3 Å². The molecule has 0 saturated heterocycles. The molecule has 8 nitrogen and oxygen atoms in total. The molecule has 1 aromatic carbocycles. The Kier molecular flexibility index (Phi) is 7.15. The van der Waals surface area contributed by atoms with E-state index in [9.17, 15) is 14.4 Å². The molecule has 1 rings (SSSR count). The molecule has 0 spiro atoms. The minimum atomic E-state index is -1.12. The van der Waals surface area contributed by atoms with Crippen molar-refractivity contribution in [3.8, 4) is 0 Å². The Labute approximate surface area is 126 Å². The monoisotopic (exact) mass is 304 g/mol. The SMILES string of the molecule is [N-]=[N+]=NCCCC[C@H](NC(=O)c1ccc(C=O)cc1)C(=O)O. The lowest BCUT2D eigenvalue weighted by molar-refractivity contribution is -0.139. The lowest BCUT2D eigenvalue weighted by Gasteiger charge is -2.14. The van der Waals surface area contributed by atoms with E-state index in [1.807, 2.05) is 0 Å². The van der Waals surface area contributed by atoms with E-state index in [1.54, 1.807) is 0 Å². The van der Waals surface area contributed by atoms with Gasteiger partial charge in [-0.1, -0.05) is 23.7 Å². The predicted octanol–water partition coefficient (Wildman–Crippen LogP) is 2.16. The molecule has 0 saturated carbocycles. The van der Waals surface area contributed by atoms with Crippen molar-refractivity contribution < 1.29 is 19.5 Å².